The highest BCUT2D eigenvalue weighted by atomic mass is 16.5. The monoisotopic (exact) mass is 241 g/mol. The van der Waals surface area contributed by atoms with E-state index in [1.807, 2.05) is 6.92 Å². The quantitative estimate of drug-likeness (QED) is 0.760. The molecule has 4 heteroatoms. The van der Waals surface area contributed by atoms with E-state index >= 15 is 0 Å². The van der Waals surface area contributed by atoms with Gasteiger partial charge in [-0.15, -0.1) is 0 Å². The van der Waals surface area contributed by atoms with Gasteiger partial charge in [0.2, 0.25) is 0 Å². The number of carbonyl (C=O) groups is 1. The molecule has 1 saturated carbocycles. The summed E-state index contributed by atoms with van der Waals surface area (Å²) in [5.74, 6) is -0.0878. The van der Waals surface area contributed by atoms with Crippen molar-refractivity contribution in [3.8, 4) is 0 Å². The van der Waals surface area contributed by atoms with E-state index < -0.39 is 5.54 Å². The molecule has 0 aromatic heterocycles. The predicted molar refractivity (Wildman–Crippen MR) is 64.8 cm³/mol. The smallest absolute Gasteiger partial charge is 0.326 e. The zero-order chi connectivity index (χ0) is 12.1. The fourth-order valence-electron chi connectivity index (χ4n) is 2.86. The maximum Gasteiger partial charge on any atom is 0.326 e. The van der Waals surface area contributed by atoms with Crippen molar-refractivity contribution in [2.24, 2.45) is 0 Å². The van der Waals surface area contributed by atoms with Gasteiger partial charge in [0.25, 0.3) is 0 Å². The van der Waals surface area contributed by atoms with Crippen LogP contribution in [0.15, 0.2) is 0 Å². The fourth-order valence-corrected chi connectivity index (χ4v) is 2.86. The topological polar surface area (TPSA) is 47.6 Å². The molecule has 1 aliphatic heterocycles. The first-order chi connectivity index (χ1) is 8.27. The van der Waals surface area contributed by atoms with Crippen molar-refractivity contribution in [3.63, 3.8) is 0 Å². The number of nitrogens with one attached hydrogen (secondary N) is 1. The molecule has 0 unspecified atom stereocenters. The van der Waals surface area contributed by atoms with Gasteiger partial charge in [-0.2, -0.15) is 0 Å². The first-order valence-corrected chi connectivity index (χ1v) is 6.79. The van der Waals surface area contributed by atoms with Gasteiger partial charge in [0.15, 0.2) is 0 Å². The molecule has 0 atom stereocenters. The van der Waals surface area contributed by atoms with Crippen molar-refractivity contribution in [3.05, 3.63) is 0 Å². The molecule has 1 saturated heterocycles. The summed E-state index contributed by atoms with van der Waals surface area (Å²) >= 11 is 0. The fraction of sp³-hybridized carbons (Fsp3) is 0.923. The molecular formula is C13H23NO3. The van der Waals surface area contributed by atoms with Crippen molar-refractivity contribution in [2.75, 3.05) is 19.8 Å². The normalized spacial score (nSPS) is 24.8. The van der Waals surface area contributed by atoms with Crippen LogP contribution in [0.4, 0.5) is 0 Å². The molecule has 2 aliphatic rings. The van der Waals surface area contributed by atoms with Gasteiger partial charge < -0.3 is 9.47 Å². The van der Waals surface area contributed by atoms with E-state index in [1.54, 1.807) is 0 Å². The molecule has 2 rings (SSSR count). The van der Waals surface area contributed by atoms with E-state index in [0.717, 1.165) is 12.8 Å². The van der Waals surface area contributed by atoms with Crippen molar-refractivity contribution in [1.29, 1.82) is 0 Å². The molecule has 0 bridgehead atoms. The minimum Gasteiger partial charge on any atom is -0.465 e. The van der Waals surface area contributed by atoms with Gasteiger partial charge in [0, 0.05) is 19.3 Å². The summed E-state index contributed by atoms with van der Waals surface area (Å²) in [7, 11) is 0. The van der Waals surface area contributed by atoms with E-state index in [9.17, 15) is 4.79 Å². The second kappa shape index (κ2) is 5.83. The van der Waals surface area contributed by atoms with Gasteiger partial charge in [0.1, 0.15) is 5.54 Å². The molecule has 0 aromatic carbocycles. The number of hydrogen-bond donors (Lipinski definition) is 1. The number of hydrogen-bond acceptors (Lipinski definition) is 4. The highest BCUT2D eigenvalue weighted by Gasteiger charge is 2.43. The Morgan fingerprint density at radius 2 is 2.00 bits per heavy atom. The minimum absolute atomic E-state index is 0.0878. The Hall–Kier alpha value is -0.610. The van der Waals surface area contributed by atoms with Crippen molar-refractivity contribution in [1.82, 2.24) is 5.32 Å². The van der Waals surface area contributed by atoms with Crippen LogP contribution >= 0.6 is 0 Å². The van der Waals surface area contributed by atoms with Gasteiger partial charge in [-0.3, -0.25) is 10.1 Å². The van der Waals surface area contributed by atoms with Crippen molar-refractivity contribution < 1.29 is 14.3 Å². The van der Waals surface area contributed by atoms with Gasteiger partial charge in [-0.1, -0.05) is 12.8 Å². The molecule has 1 N–H and O–H groups in total. The van der Waals surface area contributed by atoms with E-state index in [2.05, 4.69) is 5.32 Å². The zero-order valence-electron chi connectivity index (χ0n) is 10.7. The highest BCUT2D eigenvalue weighted by molar-refractivity contribution is 5.81. The van der Waals surface area contributed by atoms with Gasteiger partial charge in [-0.25, -0.2) is 0 Å². The van der Waals surface area contributed by atoms with Crippen LogP contribution in [-0.2, 0) is 14.3 Å². The molecular weight excluding hydrogens is 218 g/mol. The molecule has 4 nitrogen and oxygen atoms in total. The van der Waals surface area contributed by atoms with Crippen LogP contribution < -0.4 is 5.32 Å². The average molecular weight is 241 g/mol. The van der Waals surface area contributed by atoms with E-state index in [-0.39, 0.29) is 5.97 Å². The third-order valence-electron chi connectivity index (χ3n) is 3.85. The molecule has 1 aliphatic carbocycles. The molecule has 0 radical (unpaired) electrons. The molecule has 2 fully saturated rings. The standard InChI is InChI=1S/C13H23NO3/c1-2-17-12(15)13(7-9-16-10-8-13)14-11-5-3-4-6-11/h11,14H,2-10H2,1H3. The molecule has 0 aromatic rings. The molecule has 17 heavy (non-hydrogen) atoms. The largest absolute Gasteiger partial charge is 0.465 e. The number of ether oxygens (including phenoxy) is 2. The molecule has 1 heterocycles. The van der Waals surface area contributed by atoms with E-state index in [0.29, 0.717) is 25.9 Å². The summed E-state index contributed by atoms with van der Waals surface area (Å²) in [6, 6.07) is 0.484. The molecule has 0 spiro atoms. The van der Waals surface area contributed by atoms with Gasteiger partial charge in [0.05, 0.1) is 6.61 Å². The van der Waals surface area contributed by atoms with Crippen LogP contribution in [0.2, 0.25) is 0 Å². The zero-order valence-corrected chi connectivity index (χ0v) is 10.7. The van der Waals surface area contributed by atoms with Crippen LogP contribution in [0.25, 0.3) is 0 Å². The maximum atomic E-state index is 12.2. The lowest BCUT2D eigenvalue weighted by Gasteiger charge is -2.37. The highest BCUT2D eigenvalue weighted by Crippen LogP contribution is 2.27. The van der Waals surface area contributed by atoms with Crippen molar-refractivity contribution in [2.45, 2.75) is 57.0 Å². The van der Waals surface area contributed by atoms with Gasteiger partial charge >= 0.3 is 5.97 Å². The first-order valence-electron chi connectivity index (χ1n) is 6.79. The lowest BCUT2D eigenvalue weighted by atomic mass is 9.89. The Kier molecular flexibility index (Phi) is 4.40. The van der Waals surface area contributed by atoms with E-state index in [1.165, 1.54) is 25.7 Å². The molecule has 98 valence electrons. The summed E-state index contributed by atoms with van der Waals surface area (Å²) in [6.07, 6.45) is 6.38. The lowest BCUT2D eigenvalue weighted by molar-refractivity contribution is -0.156. The summed E-state index contributed by atoms with van der Waals surface area (Å²) in [6.45, 7) is 3.62. The first kappa shape index (κ1) is 12.8. The summed E-state index contributed by atoms with van der Waals surface area (Å²) in [4.78, 5) is 12.2. The third-order valence-corrected chi connectivity index (χ3v) is 3.85. The lowest BCUT2D eigenvalue weighted by Crippen LogP contribution is -2.58. The summed E-state index contributed by atoms with van der Waals surface area (Å²) in [5, 5.41) is 3.56. The second-order valence-corrected chi connectivity index (χ2v) is 5.04. The molecule has 0 amide bonds. The average Bonchev–Trinajstić information content (AvgIpc) is 2.83. The Labute approximate surface area is 103 Å². The van der Waals surface area contributed by atoms with Crippen LogP contribution in [0.1, 0.15) is 45.4 Å². The Morgan fingerprint density at radius 3 is 2.59 bits per heavy atom. The predicted octanol–water partition coefficient (Wildman–Crippen LogP) is 1.63. The number of carbonyl (C=O) groups excluding carboxylic acids is 1. The summed E-state index contributed by atoms with van der Waals surface area (Å²) < 4.78 is 10.6. The maximum absolute atomic E-state index is 12.2. The Balaban J connectivity index is 2.02. The van der Waals surface area contributed by atoms with Gasteiger partial charge in [-0.05, 0) is 32.6 Å². The SMILES string of the molecule is CCOC(=O)C1(NC2CCCC2)CCOCC1. The van der Waals surface area contributed by atoms with E-state index in [4.69, 9.17) is 9.47 Å². The minimum atomic E-state index is -0.483. The third kappa shape index (κ3) is 2.99. The van der Waals surface area contributed by atoms with Crippen LogP contribution in [0, 0.1) is 0 Å². The second-order valence-electron chi connectivity index (χ2n) is 5.04. The summed E-state index contributed by atoms with van der Waals surface area (Å²) in [5.41, 5.74) is -0.483. The number of rotatable bonds is 4. The van der Waals surface area contributed by atoms with Crippen LogP contribution in [0.5, 0.6) is 0 Å². The number of esters is 1. The van der Waals surface area contributed by atoms with Crippen molar-refractivity contribution >= 4 is 5.97 Å². The van der Waals surface area contributed by atoms with Crippen LogP contribution in [0.3, 0.4) is 0 Å². The Bertz CT molecular complexity index is 255. The van der Waals surface area contributed by atoms with Crippen LogP contribution in [-0.4, -0.2) is 37.4 Å². The Morgan fingerprint density at radius 1 is 1.35 bits per heavy atom.